The van der Waals surface area contributed by atoms with Crippen molar-refractivity contribution in [2.45, 2.75) is 0 Å². The zero-order chi connectivity index (χ0) is 6.83. The Morgan fingerprint density at radius 2 is 2.25 bits per heavy atom. The van der Waals surface area contributed by atoms with Gasteiger partial charge in [0.15, 0.2) is 0 Å². The molecule has 0 rings (SSSR count). The van der Waals surface area contributed by atoms with E-state index in [1.165, 1.54) is 0 Å². The van der Waals surface area contributed by atoms with Gasteiger partial charge in [-0.3, -0.25) is 5.41 Å². The average Bonchev–Trinajstić information content (AvgIpc) is 1.71. The van der Waals surface area contributed by atoms with Gasteiger partial charge in [0, 0.05) is 0 Å². The second-order valence-corrected chi connectivity index (χ2v) is 7.11. The molecule has 8 heavy (non-hydrogen) atoms. The third kappa shape index (κ3) is 30.7. The summed E-state index contributed by atoms with van der Waals surface area (Å²) >= 11 is 1.63. The third-order valence-corrected chi connectivity index (χ3v) is 3.73. The van der Waals surface area contributed by atoms with Gasteiger partial charge in [-0.1, -0.05) is 0 Å². The first kappa shape index (κ1) is 11.4. The minimum atomic E-state index is -0.606. The minimum absolute atomic E-state index is 0.606. The van der Waals surface area contributed by atoms with E-state index < -0.39 is 20.2 Å². The normalized spacial score (nSPS) is 5.62. The van der Waals surface area contributed by atoms with E-state index in [0.717, 1.165) is 12.7 Å². The molecule has 0 aliphatic carbocycles. The molecule has 0 aromatic heterocycles. The van der Waals surface area contributed by atoms with Crippen LogP contribution in [0.3, 0.4) is 0 Å². The van der Waals surface area contributed by atoms with Crippen LogP contribution in [0.4, 0.5) is 0 Å². The summed E-state index contributed by atoms with van der Waals surface area (Å²) in [4.78, 5) is 9.34. The number of nitrogens with two attached hydrogens (primary N) is 1. The van der Waals surface area contributed by atoms with Crippen molar-refractivity contribution in [3.05, 3.63) is 0 Å². The monoisotopic (exact) mass is 423 g/mol. The Labute approximate surface area is 69.2 Å². The van der Waals surface area contributed by atoms with Crippen molar-refractivity contribution < 1.29 is 4.79 Å². The van der Waals surface area contributed by atoms with Crippen molar-refractivity contribution in [3.63, 3.8) is 0 Å². The summed E-state index contributed by atoms with van der Waals surface area (Å²) in [7, 11) is 0. The van der Waals surface area contributed by atoms with Crippen LogP contribution in [0.5, 0.6) is 0 Å². The molecule has 0 heterocycles. The molecule has 0 spiro atoms. The molecule has 0 bridgehead atoms. The van der Waals surface area contributed by atoms with Crippen LogP contribution in [-0.4, -0.2) is 33.0 Å². The number of hydrogen-bond donors (Lipinski definition) is 3. The molecule has 0 unspecified atom stereocenters. The topological polar surface area (TPSA) is 79.0 Å². The second-order valence-electron chi connectivity index (χ2n) is 0.523. The van der Waals surface area contributed by atoms with Crippen LogP contribution in [0.1, 0.15) is 0 Å². The first-order valence-electron chi connectivity index (χ1n) is 1.59. The summed E-state index contributed by atoms with van der Waals surface area (Å²) in [6.07, 6.45) is 1.51. The van der Waals surface area contributed by atoms with Crippen molar-refractivity contribution in [1.29, 1.82) is 5.41 Å². The molecule has 0 saturated heterocycles. The van der Waals surface area contributed by atoms with Gasteiger partial charge in [-0.05, 0) is 0 Å². The molecule has 2 radical (unpaired) electrons. The van der Waals surface area contributed by atoms with Gasteiger partial charge in [0.1, 0.15) is 0 Å². The number of rotatable bonds is 2. The Kier molecular flexibility index (Phi) is 22.3. The quantitative estimate of drug-likeness (QED) is 0.180. The number of halogens is 1. The Hall–Kier alpha value is 0.592. The summed E-state index contributed by atoms with van der Waals surface area (Å²) in [5, 5.41) is 5.86. The third-order valence-electron chi connectivity index (χ3n) is 0.113. The maximum atomic E-state index is 9.34. The van der Waals surface area contributed by atoms with Gasteiger partial charge in [0.2, 0.25) is 0 Å². The summed E-state index contributed by atoms with van der Waals surface area (Å²) in [6.45, 7) is 0. The fourth-order valence-electron chi connectivity index (χ4n) is 0.0223. The van der Waals surface area contributed by atoms with E-state index >= 15 is 0 Å². The molecule has 0 atom stereocenters. The van der Waals surface area contributed by atoms with Crippen molar-refractivity contribution >= 4 is 50.8 Å². The fraction of sp³-hybridized carbons (Fsp3) is 0. The standard InChI is InChI=1S/CH4N2.CH3NO.HI.Pb/c2*2-1-3;;/h1H,(H3,2,3);1H,(H2,2,3);1H;/q;;;+2/p-2. The molecular formula is C2H6IN3OPb. The van der Waals surface area contributed by atoms with E-state index in [2.05, 4.69) is 26.6 Å². The van der Waals surface area contributed by atoms with Gasteiger partial charge in [0.25, 0.3) is 0 Å². The van der Waals surface area contributed by atoms with Crippen molar-refractivity contribution in [1.82, 2.24) is 3.13 Å². The molecule has 6 heteroatoms. The van der Waals surface area contributed by atoms with Crippen LogP contribution in [-0.2, 0) is 4.79 Å². The Bertz CT molecular complexity index is 61.2. The summed E-state index contributed by atoms with van der Waals surface area (Å²) < 4.78 is 2.61. The van der Waals surface area contributed by atoms with Gasteiger partial charge in [-0.25, -0.2) is 0 Å². The number of amides is 1. The average molecular weight is 422 g/mol. The van der Waals surface area contributed by atoms with Gasteiger partial charge in [-0.2, -0.15) is 0 Å². The van der Waals surface area contributed by atoms with Crippen molar-refractivity contribution in [3.8, 4) is 0 Å². The molecule has 4 N–H and O–H groups in total. The van der Waals surface area contributed by atoms with Crippen LogP contribution >= 0.6 is 17.8 Å². The van der Waals surface area contributed by atoms with Gasteiger partial charge >= 0.3 is 52.3 Å². The van der Waals surface area contributed by atoms with E-state index in [9.17, 15) is 4.79 Å². The number of carbonyl (C=O) groups excluding carboxylic acids is 1. The van der Waals surface area contributed by atoms with Crippen molar-refractivity contribution in [2.24, 2.45) is 5.73 Å². The number of hydrogen-bond acceptors (Lipinski definition) is 2. The predicted octanol–water partition coefficient (Wildman–Crippen LogP) is -0.746. The Morgan fingerprint density at radius 1 is 1.88 bits per heavy atom. The van der Waals surface area contributed by atoms with Crippen LogP contribution < -0.4 is 8.86 Å². The molecule has 0 saturated carbocycles. The van der Waals surface area contributed by atoms with Crippen LogP contribution in [0.15, 0.2) is 0 Å². The molecule has 0 fully saturated rings. The van der Waals surface area contributed by atoms with Gasteiger partial charge in [-0.15, -0.1) is 0 Å². The molecule has 0 aliphatic heterocycles. The van der Waals surface area contributed by atoms with E-state index in [1.54, 1.807) is 0 Å². The molecule has 0 aromatic carbocycles. The molecular weight excluding hydrogens is 416 g/mol. The first-order chi connectivity index (χ1) is 3.83. The zero-order valence-electron chi connectivity index (χ0n) is 4.02. The molecule has 46 valence electrons. The number of nitrogens with one attached hydrogen (secondary N) is 2. The SMILES string of the molecule is N=CN.O=C[NH][Pb][I]. The van der Waals surface area contributed by atoms with E-state index in [4.69, 9.17) is 5.41 Å². The summed E-state index contributed by atoms with van der Waals surface area (Å²) in [5.74, 6) is 0. The van der Waals surface area contributed by atoms with Gasteiger partial charge in [0.05, 0.1) is 6.34 Å². The van der Waals surface area contributed by atoms with E-state index in [1.807, 2.05) is 0 Å². The van der Waals surface area contributed by atoms with Crippen LogP contribution in [0.25, 0.3) is 0 Å². The van der Waals surface area contributed by atoms with E-state index in [-0.39, 0.29) is 0 Å². The van der Waals surface area contributed by atoms with Crippen LogP contribution in [0, 0.1) is 5.41 Å². The molecule has 0 aromatic rings. The van der Waals surface area contributed by atoms with Gasteiger partial charge < -0.3 is 5.73 Å². The number of carbonyl (C=O) groups is 1. The maximum absolute atomic E-state index is 9.34. The Morgan fingerprint density at radius 3 is 2.25 bits per heavy atom. The zero-order valence-corrected chi connectivity index (χ0v) is 10.1. The summed E-state index contributed by atoms with van der Waals surface area (Å²) in [6, 6.07) is 0. The first-order valence-corrected chi connectivity index (χ1v) is 14.5. The predicted molar refractivity (Wildman–Crippen MR) is 41.9 cm³/mol. The second kappa shape index (κ2) is 15.6. The fourth-order valence-corrected chi connectivity index (χ4v) is 1.31. The molecule has 1 amide bonds. The molecule has 4 nitrogen and oxygen atoms in total. The van der Waals surface area contributed by atoms with E-state index in [0.29, 0.717) is 0 Å². The molecule has 0 aliphatic rings. The van der Waals surface area contributed by atoms with Crippen molar-refractivity contribution in [2.75, 3.05) is 0 Å². The summed E-state index contributed by atoms with van der Waals surface area (Å²) in [5.41, 5.74) is 4.39. The van der Waals surface area contributed by atoms with Crippen LogP contribution in [0.2, 0.25) is 0 Å². The Balaban J connectivity index is 0.